The van der Waals surface area contributed by atoms with Crippen molar-refractivity contribution in [1.29, 1.82) is 5.26 Å². The van der Waals surface area contributed by atoms with Crippen LogP contribution in [0.1, 0.15) is 37.4 Å². The molecule has 0 amide bonds. The molecule has 1 N–H and O–H groups in total. The second kappa shape index (κ2) is 7.35. The van der Waals surface area contributed by atoms with E-state index in [1.165, 1.54) is 5.56 Å². The summed E-state index contributed by atoms with van der Waals surface area (Å²) in [6, 6.07) is 17.9. The molecule has 3 heteroatoms. The molecule has 0 saturated heterocycles. The van der Waals surface area contributed by atoms with Crippen LogP contribution < -0.4 is 10.1 Å². The minimum atomic E-state index is 0.166. The molecule has 2 aromatic carbocycles. The molecule has 0 aliphatic rings. The van der Waals surface area contributed by atoms with Crippen molar-refractivity contribution >= 4 is 5.69 Å². The van der Waals surface area contributed by atoms with Gasteiger partial charge in [-0.1, -0.05) is 25.1 Å². The maximum atomic E-state index is 8.92. The molecule has 1 unspecified atom stereocenters. The number of benzene rings is 2. The highest BCUT2D eigenvalue weighted by Crippen LogP contribution is 2.22. The summed E-state index contributed by atoms with van der Waals surface area (Å²) in [5.74, 6) is 0.902. The lowest BCUT2D eigenvalue weighted by Crippen LogP contribution is -2.06. The third kappa shape index (κ3) is 4.25. The van der Waals surface area contributed by atoms with E-state index in [2.05, 4.69) is 37.4 Å². The van der Waals surface area contributed by atoms with Gasteiger partial charge in [0.25, 0.3) is 0 Å². The summed E-state index contributed by atoms with van der Waals surface area (Å²) in [6.07, 6.45) is 1.01. The number of ether oxygens (including phenoxy) is 1. The summed E-state index contributed by atoms with van der Waals surface area (Å²) in [7, 11) is 0. The first-order chi connectivity index (χ1) is 10.2. The van der Waals surface area contributed by atoms with Crippen molar-refractivity contribution in [2.75, 3.05) is 11.9 Å². The first kappa shape index (κ1) is 14.9. The van der Waals surface area contributed by atoms with Gasteiger partial charge in [-0.05, 0) is 49.2 Å². The normalized spacial score (nSPS) is 11.5. The molecule has 0 radical (unpaired) electrons. The molecule has 3 nitrogen and oxygen atoms in total. The van der Waals surface area contributed by atoms with E-state index in [0.29, 0.717) is 5.56 Å². The van der Waals surface area contributed by atoms with Crippen LogP contribution in [0.2, 0.25) is 0 Å². The zero-order valence-electron chi connectivity index (χ0n) is 12.5. The number of nitrogens with zero attached hydrogens (tertiary/aromatic N) is 1. The van der Waals surface area contributed by atoms with Crippen LogP contribution in [0.3, 0.4) is 0 Å². The summed E-state index contributed by atoms with van der Waals surface area (Å²) in [5, 5.41) is 12.3. The molecular formula is C18H20N2O. The van der Waals surface area contributed by atoms with E-state index < -0.39 is 0 Å². The highest BCUT2D eigenvalue weighted by Gasteiger charge is 2.06. The molecule has 0 heterocycles. The Morgan fingerprint density at radius 2 is 1.95 bits per heavy atom. The van der Waals surface area contributed by atoms with Crippen LogP contribution >= 0.6 is 0 Å². The van der Waals surface area contributed by atoms with Crippen molar-refractivity contribution in [2.45, 2.75) is 26.3 Å². The fraction of sp³-hybridized carbons (Fsp3) is 0.278. The first-order valence-corrected chi connectivity index (χ1v) is 7.22. The van der Waals surface area contributed by atoms with E-state index in [1.807, 2.05) is 30.3 Å². The van der Waals surface area contributed by atoms with Crippen LogP contribution in [0, 0.1) is 11.3 Å². The third-order valence-corrected chi connectivity index (χ3v) is 3.23. The molecule has 0 fully saturated rings. The third-order valence-electron chi connectivity index (χ3n) is 3.23. The number of hydrogen-bond donors (Lipinski definition) is 1. The number of anilines is 1. The van der Waals surface area contributed by atoms with Gasteiger partial charge in [0, 0.05) is 11.7 Å². The predicted molar refractivity (Wildman–Crippen MR) is 85.4 cm³/mol. The van der Waals surface area contributed by atoms with Gasteiger partial charge < -0.3 is 10.1 Å². The van der Waals surface area contributed by atoms with E-state index in [9.17, 15) is 0 Å². The molecule has 0 bridgehead atoms. The average molecular weight is 280 g/mol. The van der Waals surface area contributed by atoms with E-state index in [0.717, 1.165) is 24.5 Å². The largest absolute Gasteiger partial charge is 0.494 e. The highest BCUT2D eigenvalue weighted by molar-refractivity contribution is 5.50. The number of hydrogen-bond acceptors (Lipinski definition) is 3. The fourth-order valence-corrected chi connectivity index (χ4v) is 2.08. The van der Waals surface area contributed by atoms with E-state index in [-0.39, 0.29) is 6.04 Å². The van der Waals surface area contributed by atoms with Crippen LogP contribution in [-0.4, -0.2) is 6.61 Å². The molecule has 0 aromatic heterocycles. The Morgan fingerprint density at radius 1 is 1.19 bits per heavy atom. The minimum Gasteiger partial charge on any atom is -0.494 e. The molecule has 2 aromatic rings. The van der Waals surface area contributed by atoms with Gasteiger partial charge in [-0.15, -0.1) is 0 Å². The van der Waals surface area contributed by atoms with Gasteiger partial charge in [-0.2, -0.15) is 5.26 Å². The monoisotopic (exact) mass is 280 g/mol. The van der Waals surface area contributed by atoms with Gasteiger partial charge in [-0.3, -0.25) is 0 Å². The van der Waals surface area contributed by atoms with Crippen molar-refractivity contribution in [1.82, 2.24) is 0 Å². The Kier molecular flexibility index (Phi) is 5.22. The summed E-state index contributed by atoms with van der Waals surface area (Å²) >= 11 is 0. The van der Waals surface area contributed by atoms with E-state index in [1.54, 1.807) is 6.07 Å². The maximum Gasteiger partial charge on any atom is 0.119 e. The van der Waals surface area contributed by atoms with Crippen molar-refractivity contribution in [3.05, 3.63) is 59.7 Å². The molecule has 0 aliphatic carbocycles. The number of nitriles is 1. The predicted octanol–water partition coefficient (Wildman–Crippen LogP) is 4.52. The van der Waals surface area contributed by atoms with Crippen LogP contribution in [0.15, 0.2) is 48.5 Å². The van der Waals surface area contributed by atoms with Crippen molar-refractivity contribution in [2.24, 2.45) is 0 Å². The SMILES string of the molecule is CCCOc1ccc(C(C)Nc2cccc(C#N)c2)cc1. The maximum absolute atomic E-state index is 8.92. The van der Waals surface area contributed by atoms with Crippen molar-refractivity contribution in [3.8, 4) is 11.8 Å². The minimum absolute atomic E-state index is 0.166. The van der Waals surface area contributed by atoms with Crippen LogP contribution in [0.25, 0.3) is 0 Å². The van der Waals surface area contributed by atoms with Gasteiger partial charge in [0.1, 0.15) is 5.75 Å². The highest BCUT2D eigenvalue weighted by atomic mass is 16.5. The molecule has 21 heavy (non-hydrogen) atoms. The zero-order valence-corrected chi connectivity index (χ0v) is 12.5. The van der Waals surface area contributed by atoms with Gasteiger partial charge in [0.15, 0.2) is 0 Å². The molecule has 1 atom stereocenters. The Balaban J connectivity index is 2.02. The standard InChI is InChI=1S/C18H20N2O/c1-3-11-21-18-9-7-16(8-10-18)14(2)20-17-6-4-5-15(12-17)13-19/h4-10,12,14,20H,3,11H2,1-2H3. The van der Waals surface area contributed by atoms with E-state index >= 15 is 0 Å². The molecule has 0 saturated carbocycles. The molecule has 0 spiro atoms. The van der Waals surface area contributed by atoms with Crippen LogP contribution in [-0.2, 0) is 0 Å². The second-order valence-corrected chi connectivity index (χ2v) is 4.98. The lowest BCUT2D eigenvalue weighted by Gasteiger charge is -2.16. The summed E-state index contributed by atoms with van der Waals surface area (Å²) in [4.78, 5) is 0. The number of nitrogens with one attached hydrogen (secondary N) is 1. The lowest BCUT2D eigenvalue weighted by molar-refractivity contribution is 0.317. The Labute approximate surface area is 126 Å². The molecular weight excluding hydrogens is 260 g/mol. The Morgan fingerprint density at radius 3 is 2.62 bits per heavy atom. The van der Waals surface area contributed by atoms with Gasteiger partial charge in [0.2, 0.25) is 0 Å². The fourth-order valence-electron chi connectivity index (χ4n) is 2.08. The van der Waals surface area contributed by atoms with Gasteiger partial charge in [0.05, 0.1) is 18.2 Å². The first-order valence-electron chi connectivity index (χ1n) is 7.22. The Hall–Kier alpha value is -2.47. The van der Waals surface area contributed by atoms with Gasteiger partial charge in [-0.25, -0.2) is 0 Å². The summed E-state index contributed by atoms with van der Waals surface area (Å²) < 4.78 is 5.58. The smallest absolute Gasteiger partial charge is 0.119 e. The summed E-state index contributed by atoms with van der Waals surface area (Å²) in [5.41, 5.74) is 2.80. The van der Waals surface area contributed by atoms with E-state index in [4.69, 9.17) is 10.00 Å². The van der Waals surface area contributed by atoms with Crippen LogP contribution in [0.5, 0.6) is 5.75 Å². The average Bonchev–Trinajstić information content (AvgIpc) is 2.53. The van der Waals surface area contributed by atoms with Crippen LogP contribution in [0.4, 0.5) is 5.69 Å². The zero-order chi connectivity index (χ0) is 15.1. The second-order valence-electron chi connectivity index (χ2n) is 4.98. The summed E-state index contributed by atoms with van der Waals surface area (Å²) in [6.45, 7) is 4.94. The lowest BCUT2D eigenvalue weighted by atomic mass is 10.1. The van der Waals surface area contributed by atoms with Gasteiger partial charge >= 0.3 is 0 Å². The quantitative estimate of drug-likeness (QED) is 0.846. The molecule has 0 aliphatic heterocycles. The molecule has 2 rings (SSSR count). The molecule has 108 valence electrons. The van der Waals surface area contributed by atoms with Crippen molar-refractivity contribution in [3.63, 3.8) is 0 Å². The Bertz CT molecular complexity index is 614. The number of rotatable bonds is 6. The topological polar surface area (TPSA) is 45.0 Å². The van der Waals surface area contributed by atoms with Crippen molar-refractivity contribution < 1.29 is 4.74 Å².